The summed E-state index contributed by atoms with van der Waals surface area (Å²) >= 11 is 0. The number of benzene rings is 2. The van der Waals surface area contributed by atoms with E-state index in [4.69, 9.17) is 4.74 Å². The van der Waals surface area contributed by atoms with E-state index < -0.39 is 11.2 Å². The van der Waals surface area contributed by atoms with Crippen LogP contribution >= 0.6 is 0 Å². The van der Waals surface area contributed by atoms with Gasteiger partial charge >= 0.3 is 0 Å². The summed E-state index contributed by atoms with van der Waals surface area (Å²) in [6.07, 6.45) is 7.64. The van der Waals surface area contributed by atoms with Crippen molar-refractivity contribution in [2.75, 3.05) is 51.2 Å². The average molecular weight is 607 g/mol. The first-order chi connectivity index (χ1) is 21.1. The van der Waals surface area contributed by atoms with Crippen LogP contribution in [0.1, 0.15) is 97.9 Å². The Labute approximate surface area is 260 Å². The minimum atomic E-state index is -0.605. The van der Waals surface area contributed by atoms with E-state index in [0.717, 1.165) is 43.7 Å². The van der Waals surface area contributed by atoms with Gasteiger partial charge in [0.25, 0.3) is 11.8 Å². The molecule has 2 heterocycles. The summed E-state index contributed by atoms with van der Waals surface area (Å²) in [4.78, 5) is 44.9. The Balaban J connectivity index is 1.26. The number of hydrogen-bond donors (Lipinski definition) is 1. The maximum Gasteiger partial charge on any atom is 0.254 e. The molecule has 44 heavy (non-hydrogen) atoms. The minimum absolute atomic E-state index is 0.0463. The lowest BCUT2D eigenvalue weighted by molar-refractivity contribution is -0.126. The average Bonchev–Trinajstić information content (AvgIpc) is 3.57. The van der Waals surface area contributed by atoms with Gasteiger partial charge in [0.2, 0.25) is 5.91 Å². The molecule has 0 radical (unpaired) electrons. The van der Waals surface area contributed by atoms with Crippen molar-refractivity contribution < 1.29 is 23.5 Å². The monoisotopic (exact) mass is 606 g/mol. The second-order valence-corrected chi connectivity index (χ2v) is 13.2. The molecular formula is C35H47FN4O4. The molecule has 2 aliphatic heterocycles. The highest BCUT2D eigenvalue weighted by Crippen LogP contribution is 2.39. The zero-order valence-corrected chi connectivity index (χ0v) is 26.7. The molecule has 0 bridgehead atoms. The fraction of sp³-hybridized carbons (Fsp3) is 0.571. The van der Waals surface area contributed by atoms with Crippen LogP contribution in [0.3, 0.4) is 0 Å². The first-order valence-corrected chi connectivity index (χ1v) is 16.3. The predicted molar refractivity (Wildman–Crippen MR) is 170 cm³/mol. The summed E-state index contributed by atoms with van der Waals surface area (Å²) in [6, 6.07) is 9.95. The van der Waals surface area contributed by atoms with E-state index in [0.29, 0.717) is 49.8 Å². The maximum atomic E-state index is 14.6. The molecule has 3 aliphatic rings. The molecule has 0 aromatic heterocycles. The van der Waals surface area contributed by atoms with Crippen LogP contribution in [0.4, 0.5) is 10.1 Å². The smallest absolute Gasteiger partial charge is 0.254 e. The van der Waals surface area contributed by atoms with Crippen LogP contribution in [0.5, 0.6) is 5.75 Å². The van der Waals surface area contributed by atoms with Crippen LogP contribution in [0.15, 0.2) is 36.4 Å². The number of carbonyl (C=O) groups is 3. The maximum absolute atomic E-state index is 14.6. The van der Waals surface area contributed by atoms with E-state index in [1.807, 2.05) is 39.0 Å². The Hall–Kier alpha value is -3.46. The third kappa shape index (κ3) is 7.09. The highest BCUT2D eigenvalue weighted by Gasteiger charge is 2.31. The van der Waals surface area contributed by atoms with Gasteiger partial charge in [-0.3, -0.25) is 14.4 Å². The number of anilines is 1. The molecule has 9 heteroatoms. The SMILES string of the molecule is CCC(C)(C)C(=O)N(C)c1cc(F)cc(C(=O)N2CCN(C(=O)c3ccc(O[C@H]4CCNC4)c(C4CCCCC4)c3)CC2)c1. The molecule has 2 aromatic carbocycles. The molecule has 1 aliphatic carbocycles. The van der Waals surface area contributed by atoms with E-state index in [1.165, 1.54) is 36.3 Å². The summed E-state index contributed by atoms with van der Waals surface area (Å²) in [7, 11) is 1.61. The lowest BCUT2D eigenvalue weighted by Crippen LogP contribution is -2.50. The Morgan fingerprint density at radius 2 is 1.59 bits per heavy atom. The topological polar surface area (TPSA) is 82.2 Å². The largest absolute Gasteiger partial charge is 0.489 e. The predicted octanol–water partition coefficient (Wildman–Crippen LogP) is 5.61. The second kappa shape index (κ2) is 13.7. The molecule has 8 nitrogen and oxygen atoms in total. The number of nitrogens with zero attached hydrogens (tertiary/aromatic N) is 3. The fourth-order valence-corrected chi connectivity index (χ4v) is 6.52. The Kier molecular flexibility index (Phi) is 9.93. The van der Waals surface area contributed by atoms with Crippen molar-refractivity contribution >= 4 is 23.4 Å². The third-order valence-corrected chi connectivity index (χ3v) is 9.75. The molecule has 1 saturated carbocycles. The molecule has 2 saturated heterocycles. The van der Waals surface area contributed by atoms with Crippen LogP contribution in [-0.2, 0) is 4.79 Å². The van der Waals surface area contributed by atoms with Crippen LogP contribution < -0.4 is 15.0 Å². The van der Waals surface area contributed by atoms with Crippen molar-refractivity contribution in [1.29, 1.82) is 0 Å². The van der Waals surface area contributed by atoms with Gasteiger partial charge in [-0.2, -0.15) is 0 Å². The number of piperazine rings is 1. The van der Waals surface area contributed by atoms with Gasteiger partial charge in [0.15, 0.2) is 0 Å². The van der Waals surface area contributed by atoms with E-state index in [2.05, 4.69) is 5.32 Å². The van der Waals surface area contributed by atoms with Gasteiger partial charge in [-0.15, -0.1) is 0 Å². The highest BCUT2D eigenvalue weighted by molar-refractivity contribution is 6.00. The summed E-state index contributed by atoms with van der Waals surface area (Å²) in [5.74, 6) is 0.231. The number of halogens is 1. The number of hydrogen-bond acceptors (Lipinski definition) is 5. The number of carbonyl (C=O) groups excluding carboxylic acids is 3. The standard InChI is InChI=1S/C35H47FN4O4/c1-5-35(2,3)34(43)38(4)28-20-26(19-27(36)22-28)33(42)40-17-15-39(16-18-40)32(41)25-11-12-31(44-29-13-14-37-23-29)30(21-25)24-9-7-6-8-10-24/h11-12,19-22,24,29,37H,5-10,13-18,23H2,1-4H3/t29-/m0/s1. The fourth-order valence-electron chi connectivity index (χ4n) is 6.52. The molecule has 1 atom stereocenters. The van der Waals surface area contributed by atoms with Crippen molar-refractivity contribution in [2.24, 2.45) is 5.41 Å². The van der Waals surface area contributed by atoms with Gasteiger partial charge in [-0.1, -0.05) is 40.0 Å². The molecule has 0 spiro atoms. The van der Waals surface area contributed by atoms with Gasteiger partial charge < -0.3 is 24.8 Å². The van der Waals surface area contributed by atoms with Crippen LogP contribution in [0, 0.1) is 11.2 Å². The first kappa shape index (κ1) is 31.9. The minimum Gasteiger partial charge on any atom is -0.489 e. The number of nitrogens with one attached hydrogen (secondary N) is 1. The van der Waals surface area contributed by atoms with Crippen LogP contribution in [-0.4, -0.2) is 79.9 Å². The molecule has 0 unspecified atom stereocenters. The number of amides is 3. The summed E-state index contributed by atoms with van der Waals surface area (Å²) < 4.78 is 21.1. The van der Waals surface area contributed by atoms with E-state index in [1.54, 1.807) is 22.9 Å². The van der Waals surface area contributed by atoms with Gasteiger partial charge in [0, 0.05) is 62.0 Å². The Bertz CT molecular complexity index is 1360. The molecule has 3 amide bonds. The molecular weight excluding hydrogens is 559 g/mol. The normalized spacial score (nSPS) is 19.6. The third-order valence-electron chi connectivity index (χ3n) is 9.75. The van der Waals surface area contributed by atoms with Gasteiger partial charge in [0.1, 0.15) is 17.7 Å². The number of rotatable bonds is 8. The molecule has 238 valence electrons. The lowest BCUT2D eigenvalue weighted by Gasteiger charge is -2.35. The van der Waals surface area contributed by atoms with Crippen molar-refractivity contribution in [3.8, 4) is 5.75 Å². The van der Waals surface area contributed by atoms with Crippen molar-refractivity contribution in [2.45, 2.75) is 77.7 Å². The first-order valence-electron chi connectivity index (χ1n) is 16.3. The zero-order valence-electron chi connectivity index (χ0n) is 26.7. The van der Waals surface area contributed by atoms with Crippen molar-refractivity contribution in [3.05, 3.63) is 58.9 Å². The lowest BCUT2D eigenvalue weighted by atomic mass is 9.83. The summed E-state index contributed by atoms with van der Waals surface area (Å²) in [6.45, 7) is 8.92. The Morgan fingerprint density at radius 3 is 2.20 bits per heavy atom. The van der Waals surface area contributed by atoms with Gasteiger partial charge in [0.05, 0.1) is 0 Å². The Morgan fingerprint density at radius 1 is 0.932 bits per heavy atom. The molecule has 3 fully saturated rings. The highest BCUT2D eigenvalue weighted by atomic mass is 19.1. The van der Waals surface area contributed by atoms with Crippen molar-refractivity contribution in [1.82, 2.24) is 15.1 Å². The second-order valence-electron chi connectivity index (χ2n) is 13.2. The van der Waals surface area contributed by atoms with Gasteiger partial charge in [-0.05, 0) is 80.1 Å². The van der Waals surface area contributed by atoms with E-state index in [9.17, 15) is 18.8 Å². The quantitative estimate of drug-likeness (QED) is 0.423. The van der Waals surface area contributed by atoms with Crippen molar-refractivity contribution in [3.63, 3.8) is 0 Å². The molecule has 5 rings (SSSR count). The molecule has 1 N–H and O–H groups in total. The van der Waals surface area contributed by atoms with E-state index >= 15 is 0 Å². The summed E-state index contributed by atoms with van der Waals surface area (Å²) in [5, 5.41) is 3.36. The number of ether oxygens (including phenoxy) is 1. The molecule has 2 aromatic rings. The van der Waals surface area contributed by atoms with Gasteiger partial charge in [-0.25, -0.2) is 4.39 Å². The van der Waals surface area contributed by atoms with E-state index in [-0.39, 0.29) is 29.4 Å². The van der Waals surface area contributed by atoms with Crippen LogP contribution in [0.2, 0.25) is 0 Å². The zero-order chi connectivity index (χ0) is 31.4. The summed E-state index contributed by atoms with van der Waals surface area (Å²) in [5.41, 5.74) is 1.73. The van der Waals surface area contributed by atoms with Crippen LogP contribution in [0.25, 0.3) is 0 Å².